The maximum atomic E-state index is 5.18. The molecule has 1 nitrogen and oxygen atoms in total. The van der Waals surface area contributed by atoms with Crippen molar-refractivity contribution in [2.24, 2.45) is 0 Å². The Kier molecular flexibility index (Phi) is 1.68. The van der Waals surface area contributed by atoms with E-state index in [0.29, 0.717) is 0 Å². The average Bonchev–Trinajstić information content (AvgIpc) is 2.13. The molecule has 0 aliphatic carbocycles. The highest BCUT2D eigenvalue weighted by Crippen LogP contribution is 2.39. The van der Waals surface area contributed by atoms with Crippen molar-refractivity contribution in [3.8, 4) is 0 Å². The van der Waals surface area contributed by atoms with Crippen LogP contribution in [-0.4, -0.2) is 12.0 Å². The van der Waals surface area contributed by atoms with E-state index in [4.69, 9.17) is 4.74 Å². The van der Waals surface area contributed by atoms with Gasteiger partial charge in [0.2, 0.25) is 0 Å². The second kappa shape index (κ2) is 2.20. The van der Waals surface area contributed by atoms with Gasteiger partial charge in [0.05, 0.1) is 0 Å². The lowest BCUT2D eigenvalue weighted by Gasteiger charge is -2.17. The van der Waals surface area contributed by atoms with Crippen LogP contribution in [-0.2, 0) is 4.74 Å². The summed E-state index contributed by atoms with van der Waals surface area (Å²) in [6.07, 6.45) is 3.99. The van der Waals surface area contributed by atoms with Crippen LogP contribution in [0.5, 0.6) is 0 Å². The molecule has 0 bridgehead atoms. The summed E-state index contributed by atoms with van der Waals surface area (Å²) in [6, 6.07) is 0. The van der Waals surface area contributed by atoms with Gasteiger partial charge in [-0.1, -0.05) is 18.3 Å². The van der Waals surface area contributed by atoms with Crippen molar-refractivity contribution >= 4 is 11.8 Å². The molecule has 0 saturated heterocycles. The van der Waals surface area contributed by atoms with Crippen LogP contribution in [0, 0.1) is 0 Å². The Morgan fingerprint density at radius 1 is 1.78 bits per heavy atom. The molecule has 0 spiro atoms. The minimum atomic E-state index is -0.156. The van der Waals surface area contributed by atoms with Crippen LogP contribution < -0.4 is 0 Å². The van der Waals surface area contributed by atoms with Gasteiger partial charge in [0.1, 0.15) is 4.93 Å². The van der Waals surface area contributed by atoms with Gasteiger partial charge in [0.15, 0.2) is 0 Å². The normalized spacial score (nSPS) is 33.8. The van der Waals surface area contributed by atoms with Gasteiger partial charge < -0.3 is 4.74 Å². The van der Waals surface area contributed by atoms with Crippen LogP contribution >= 0.6 is 11.8 Å². The second-order valence-corrected chi connectivity index (χ2v) is 3.66. The SMILES string of the molecule is C=C1C=CC(C)(OC)S1. The highest BCUT2D eigenvalue weighted by atomic mass is 32.2. The second-order valence-electron chi connectivity index (χ2n) is 2.12. The lowest BCUT2D eigenvalue weighted by Crippen LogP contribution is -2.15. The Balaban J connectivity index is 2.68. The van der Waals surface area contributed by atoms with Crippen LogP contribution in [0.3, 0.4) is 0 Å². The summed E-state index contributed by atoms with van der Waals surface area (Å²) in [5.41, 5.74) is 0. The predicted octanol–water partition coefficient (Wildman–Crippen LogP) is 2.17. The molecular formula is C7H10OS. The van der Waals surface area contributed by atoms with E-state index >= 15 is 0 Å². The first-order valence-electron chi connectivity index (χ1n) is 2.78. The van der Waals surface area contributed by atoms with Gasteiger partial charge in [0, 0.05) is 12.0 Å². The Morgan fingerprint density at radius 2 is 2.44 bits per heavy atom. The van der Waals surface area contributed by atoms with Crippen LogP contribution in [0.25, 0.3) is 0 Å². The zero-order valence-electron chi connectivity index (χ0n) is 5.68. The van der Waals surface area contributed by atoms with E-state index in [2.05, 4.69) is 6.58 Å². The van der Waals surface area contributed by atoms with E-state index in [-0.39, 0.29) is 4.93 Å². The fraction of sp³-hybridized carbons (Fsp3) is 0.429. The molecule has 50 valence electrons. The maximum absolute atomic E-state index is 5.18. The number of methoxy groups -OCH3 is 1. The molecule has 0 aromatic heterocycles. The third-order valence-electron chi connectivity index (χ3n) is 1.31. The first kappa shape index (κ1) is 6.90. The van der Waals surface area contributed by atoms with Crippen molar-refractivity contribution in [2.75, 3.05) is 7.11 Å². The Hall–Kier alpha value is -0.210. The monoisotopic (exact) mass is 142 g/mol. The number of hydrogen-bond donors (Lipinski definition) is 0. The largest absolute Gasteiger partial charge is 0.364 e. The molecule has 0 N–H and O–H groups in total. The molecule has 1 heterocycles. The van der Waals surface area contributed by atoms with Gasteiger partial charge in [-0.05, 0) is 19.1 Å². The minimum absolute atomic E-state index is 0.156. The van der Waals surface area contributed by atoms with Gasteiger partial charge in [-0.15, -0.1) is 0 Å². The van der Waals surface area contributed by atoms with Crippen molar-refractivity contribution in [2.45, 2.75) is 11.9 Å². The molecule has 0 amide bonds. The number of rotatable bonds is 1. The van der Waals surface area contributed by atoms with Gasteiger partial charge in [0.25, 0.3) is 0 Å². The predicted molar refractivity (Wildman–Crippen MR) is 41.3 cm³/mol. The molecule has 0 fully saturated rings. The van der Waals surface area contributed by atoms with Crippen molar-refractivity contribution in [1.82, 2.24) is 0 Å². The summed E-state index contributed by atoms with van der Waals surface area (Å²) in [6.45, 7) is 5.81. The quantitative estimate of drug-likeness (QED) is 0.555. The summed E-state index contributed by atoms with van der Waals surface area (Å²) in [7, 11) is 1.70. The lowest BCUT2D eigenvalue weighted by molar-refractivity contribution is 0.129. The van der Waals surface area contributed by atoms with Crippen molar-refractivity contribution < 1.29 is 4.74 Å². The van der Waals surface area contributed by atoms with Crippen LogP contribution in [0.4, 0.5) is 0 Å². The summed E-state index contributed by atoms with van der Waals surface area (Å²) in [4.78, 5) is 0.913. The number of hydrogen-bond acceptors (Lipinski definition) is 2. The third kappa shape index (κ3) is 1.37. The number of ether oxygens (including phenoxy) is 1. The zero-order chi connectivity index (χ0) is 6.91. The molecule has 1 atom stereocenters. The third-order valence-corrected chi connectivity index (χ3v) is 2.42. The van der Waals surface area contributed by atoms with Gasteiger partial charge in [-0.25, -0.2) is 0 Å². The van der Waals surface area contributed by atoms with Crippen molar-refractivity contribution in [1.29, 1.82) is 0 Å². The Morgan fingerprint density at radius 3 is 2.67 bits per heavy atom. The molecule has 9 heavy (non-hydrogen) atoms. The molecule has 1 aliphatic heterocycles. The summed E-state index contributed by atoms with van der Waals surface area (Å²) in [5, 5.41) is 0. The van der Waals surface area contributed by atoms with Gasteiger partial charge in [-0.3, -0.25) is 0 Å². The molecule has 1 unspecified atom stereocenters. The maximum Gasteiger partial charge on any atom is 0.133 e. The highest BCUT2D eigenvalue weighted by Gasteiger charge is 2.25. The van der Waals surface area contributed by atoms with Crippen molar-refractivity contribution in [3.05, 3.63) is 23.6 Å². The minimum Gasteiger partial charge on any atom is -0.364 e. The number of thioether (sulfide) groups is 1. The fourth-order valence-electron chi connectivity index (χ4n) is 0.682. The van der Waals surface area contributed by atoms with E-state index in [1.54, 1.807) is 18.9 Å². The Bertz CT molecular complexity index is 162. The van der Waals surface area contributed by atoms with E-state index < -0.39 is 0 Å². The molecule has 2 heteroatoms. The first-order valence-corrected chi connectivity index (χ1v) is 3.60. The molecule has 1 aliphatic rings. The molecule has 0 aromatic carbocycles. The average molecular weight is 142 g/mol. The topological polar surface area (TPSA) is 9.23 Å². The van der Waals surface area contributed by atoms with E-state index in [1.807, 2.05) is 19.1 Å². The summed E-state index contributed by atoms with van der Waals surface area (Å²) < 4.78 is 5.18. The molecule has 0 aromatic rings. The van der Waals surface area contributed by atoms with Gasteiger partial charge >= 0.3 is 0 Å². The van der Waals surface area contributed by atoms with E-state index in [9.17, 15) is 0 Å². The summed E-state index contributed by atoms with van der Waals surface area (Å²) >= 11 is 1.64. The molecule has 1 rings (SSSR count). The highest BCUT2D eigenvalue weighted by molar-refractivity contribution is 8.04. The number of allylic oxidation sites excluding steroid dienone is 1. The van der Waals surface area contributed by atoms with Crippen LogP contribution in [0.2, 0.25) is 0 Å². The molecular weight excluding hydrogens is 132 g/mol. The van der Waals surface area contributed by atoms with Gasteiger partial charge in [-0.2, -0.15) is 0 Å². The zero-order valence-corrected chi connectivity index (χ0v) is 6.49. The first-order chi connectivity index (χ1) is 4.16. The van der Waals surface area contributed by atoms with Crippen molar-refractivity contribution in [3.63, 3.8) is 0 Å². The van der Waals surface area contributed by atoms with Crippen LogP contribution in [0.1, 0.15) is 6.92 Å². The van der Waals surface area contributed by atoms with E-state index in [0.717, 1.165) is 4.91 Å². The lowest BCUT2D eigenvalue weighted by atomic mass is 10.3. The fourth-order valence-corrected chi connectivity index (χ4v) is 1.56. The standard InChI is InChI=1S/C7H10OS/c1-6-4-5-7(2,8-3)9-6/h4-5H,1H2,2-3H3. The molecule has 0 saturated carbocycles. The summed E-state index contributed by atoms with van der Waals surface area (Å²) in [5.74, 6) is 0. The smallest absolute Gasteiger partial charge is 0.133 e. The van der Waals surface area contributed by atoms with E-state index in [1.165, 1.54) is 0 Å². The van der Waals surface area contributed by atoms with Crippen LogP contribution in [0.15, 0.2) is 23.6 Å². The Labute approximate surface area is 59.8 Å². The molecule has 0 radical (unpaired) electrons.